The summed E-state index contributed by atoms with van der Waals surface area (Å²) in [5.41, 5.74) is 0.849. The van der Waals surface area contributed by atoms with Crippen molar-refractivity contribution < 1.29 is 24.1 Å². The van der Waals surface area contributed by atoms with E-state index in [1.54, 1.807) is 69.4 Å². The lowest BCUT2D eigenvalue weighted by atomic mass is 10.2. The van der Waals surface area contributed by atoms with E-state index in [2.05, 4.69) is 5.10 Å². The topological polar surface area (TPSA) is 82.8 Å². The average Bonchev–Trinajstić information content (AvgIpc) is 2.92. The lowest BCUT2D eigenvalue weighted by Gasteiger charge is -2.10. The van der Waals surface area contributed by atoms with Crippen molar-refractivity contribution >= 4 is 5.97 Å². The second kappa shape index (κ2) is 7.82. The zero-order valence-electron chi connectivity index (χ0n) is 15.3. The third-order valence-electron chi connectivity index (χ3n) is 3.76. The molecule has 0 aliphatic rings. The number of aromatic hydroxyl groups is 1. The van der Waals surface area contributed by atoms with Gasteiger partial charge in [0, 0.05) is 7.05 Å². The smallest absolute Gasteiger partial charge is 0.345 e. The fraction of sp³-hybridized carbons (Fsp3) is 0.200. The maximum atomic E-state index is 12.2. The molecule has 0 aliphatic carbocycles. The summed E-state index contributed by atoms with van der Waals surface area (Å²) in [6.45, 7) is 3.75. The Morgan fingerprint density at radius 1 is 1.00 bits per heavy atom. The first-order chi connectivity index (χ1) is 13.0. The molecule has 7 nitrogen and oxygen atoms in total. The van der Waals surface area contributed by atoms with Crippen LogP contribution in [0.2, 0.25) is 0 Å². The Bertz CT molecular complexity index is 930. The maximum Gasteiger partial charge on any atom is 0.345 e. The number of nitrogens with zero attached hydrogens (tertiary/aromatic N) is 2. The quantitative estimate of drug-likeness (QED) is 0.657. The van der Waals surface area contributed by atoms with Crippen LogP contribution in [0.5, 0.6) is 28.9 Å². The van der Waals surface area contributed by atoms with Crippen molar-refractivity contribution in [3.63, 3.8) is 0 Å². The summed E-state index contributed by atoms with van der Waals surface area (Å²) in [7, 11) is 1.70. The summed E-state index contributed by atoms with van der Waals surface area (Å²) in [5, 5.41) is 13.5. The molecule has 0 aliphatic heterocycles. The molecule has 0 fully saturated rings. The molecule has 0 saturated heterocycles. The SMILES string of the molecule is CCOC(=O)c1c(C)nn(C)c1Oc1ccc(Oc2ccc(O)cc2)cc1. The van der Waals surface area contributed by atoms with Crippen molar-refractivity contribution in [3.8, 4) is 28.9 Å². The molecule has 7 heteroatoms. The average molecular weight is 368 g/mol. The standard InChI is InChI=1S/C20H20N2O5/c1-4-25-20(24)18-13(2)21-22(3)19(18)27-17-11-9-16(10-12-17)26-15-7-5-14(23)6-8-15/h5-12,23H,4H2,1-3H3. The van der Waals surface area contributed by atoms with E-state index in [0.29, 0.717) is 34.4 Å². The maximum absolute atomic E-state index is 12.2. The number of aromatic nitrogens is 2. The highest BCUT2D eigenvalue weighted by atomic mass is 16.5. The predicted octanol–water partition coefficient (Wildman–Crippen LogP) is 4.20. The molecule has 0 amide bonds. The number of phenolic OH excluding ortho intramolecular Hbond substituents is 1. The van der Waals surface area contributed by atoms with Gasteiger partial charge >= 0.3 is 5.97 Å². The van der Waals surface area contributed by atoms with Crippen molar-refractivity contribution in [3.05, 3.63) is 59.8 Å². The first-order valence-electron chi connectivity index (χ1n) is 8.43. The van der Waals surface area contributed by atoms with Gasteiger partial charge in [-0.15, -0.1) is 0 Å². The van der Waals surface area contributed by atoms with Crippen LogP contribution in [0.4, 0.5) is 0 Å². The molecule has 0 spiro atoms. The van der Waals surface area contributed by atoms with E-state index in [-0.39, 0.29) is 12.4 Å². The molecule has 3 rings (SSSR count). The van der Waals surface area contributed by atoms with E-state index in [1.807, 2.05) is 0 Å². The second-order valence-electron chi connectivity index (χ2n) is 5.78. The molecular formula is C20H20N2O5. The van der Waals surface area contributed by atoms with Crippen molar-refractivity contribution in [2.45, 2.75) is 13.8 Å². The van der Waals surface area contributed by atoms with Crippen molar-refractivity contribution in [1.82, 2.24) is 9.78 Å². The van der Waals surface area contributed by atoms with Gasteiger partial charge in [-0.1, -0.05) is 0 Å². The van der Waals surface area contributed by atoms with Gasteiger partial charge in [-0.05, 0) is 62.4 Å². The van der Waals surface area contributed by atoms with Crippen molar-refractivity contribution in [2.75, 3.05) is 6.61 Å². The predicted molar refractivity (Wildman–Crippen MR) is 98.6 cm³/mol. The first-order valence-corrected chi connectivity index (χ1v) is 8.43. The second-order valence-corrected chi connectivity index (χ2v) is 5.78. The number of benzene rings is 2. The Kier molecular flexibility index (Phi) is 5.30. The van der Waals surface area contributed by atoms with E-state index in [4.69, 9.17) is 14.2 Å². The molecule has 3 aromatic rings. The van der Waals surface area contributed by atoms with Gasteiger partial charge in [-0.3, -0.25) is 0 Å². The summed E-state index contributed by atoms with van der Waals surface area (Å²) < 4.78 is 18.1. The number of hydrogen-bond acceptors (Lipinski definition) is 6. The largest absolute Gasteiger partial charge is 0.508 e. The summed E-state index contributed by atoms with van der Waals surface area (Å²) in [4.78, 5) is 12.2. The van der Waals surface area contributed by atoms with Crippen molar-refractivity contribution in [1.29, 1.82) is 0 Å². The van der Waals surface area contributed by atoms with E-state index in [9.17, 15) is 9.90 Å². The molecule has 0 atom stereocenters. The Morgan fingerprint density at radius 2 is 1.52 bits per heavy atom. The van der Waals surface area contributed by atoms with Gasteiger partial charge in [0.05, 0.1) is 12.3 Å². The zero-order valence-corrected chi connectivity index (χ0v) is 15.3. The molecule has 0 bridgehead atoms. The summed E-state index contributed by atoms with van der Waals surface area (Å²) >= 11 is 0. The molecule has 2 aromatic carbocycles. The number of ether oxygens (including phenoxy) is 3. The fourth-order valence-electron chi connectivity index (χ4n) is 2.53. The van der Waals surface area contributed by atoms with Gasteiger partial charge in [0.15, 0.2) is 0 Å². The molecule has 1 N–H and O–H groups in total. The number of carbonyl (C=O) groups is 1. The Balaban J connectivity index is 1.77. The fourth-order valence-corrected chi connectivity index (χ4v) is 2.53. The van der Waals surface area contributed by atoms with Crippen molar-refractivity contribution in [2.24, 2.45) is 7.05 Å². The van der Waals surface area contributed by atoms with Crippen LogP contribution in [0.15, 0.2) is 48.5 Å². The Morgan fingerprint density at radius 3 is 2.07 bits per heavy atom. The number of phenols is 1. The normalized spacial score (nSPS) is 10.5. The minimum atomic E-state index is -0.467. The van der Waals surface area contributed by atoms with Gasteiger partial charge in [-0.25, -0.2) is 9.48 Å². The Labute approximate surface area is 156 Å². The van der Waals surface area contributed by atoms with E-state index in [1.165, 1.54) is 4.68 Å². The first kappa shape index (κ1) is 18.3. The van der Waals surface area contributed by atoms with Crippen LogP contribution in [0.25, 0.3) is 0 Å². The molecule has 0 saturated carbocycles. The lowest BCUT2D eigenvalue weighted by Crippen LogP contribution is -2.07. The monoisotopic (exact) mass is 368 g/mol. The molecule has 0 radical (unpaired) electrons. The summed E-state index contributed by atoms with van der Waals surface area (Å²) in [5.74, 6) is 1.77. The lowest BCUT2D eigenvalue weighted by molar-refractivity contribution is 0.0522. The van der Waals surface area contributed by atoms with Crippen LogP contribution < -0.4 is 9.47 Å². The van der Waals surface area contributed by atoms with Gasteiger partial charge in [0.1, 0.15) is 28.6 Å². The van der Waals surface area contributed by atoms with Crippen LogP contribution in [0.1, 0.15) is 23.0 Å². The number of carbonyl (C=O) groups excluding carboxylic acids is 1. The molecule has 1 aromatic heterocycles. The van der Waals surface area contributed by atoms with Gasteiger partial charge in [-0.2, -0.15) is 5.10 Å². The third kappa shape index (κ3) is 4.20. The van der Waals surface area contributed by atoms with Gasteiger partial charge in [0.25, 0.3) is 0 Å². The number of aryl methyl sites for hydroxylation is 2. The van der Waals surface area contributed by atoms with E-state index in [0.717, 1.165) is 0 Å². The highest BCUT2D eigenvalue weighted by molar-refractivity contribution is 5.93. The number of hydrogen-bond donors (Lipinski definition) is 1. The minimum Gasteiger partial charge on any atom is -0.508 e. The van der Waals surface area contributed by atoms with Gasteiger partial charge in [0.2, 0.25) is 5.88 Å². The molecular weight excluding hydrogens is 348 g/mol. The van der Waals surface area contributed by atoms with E-state index < -0.39 is 5.97 Å². The van der Waals surface area contributed by atoms with Crippen LogP contribution in [-0.4, -0.2) is 27.5 Å². The minimum absolute atomic E-state index is 0.176. The summed E-state index contributed by atoms with van der Waals surface area (Å²) in [6, 6.07) is 13.4. The van der Waals surface area contributed by atoms with E-state index >= 15 is 0 Å². The molecule has 27 heavy (non-hydrogen) atoms. The highest BCUT2D eigenvalue weighted by Crippen LogP contribution is 2.30. The van der Waals surface area contributed by atoms with Crippen LogP contribution in [0.3, 0.4) is 0 Å². The van der Waals surface area contributed by atoms with Crippen LogP contribution in [0, 0.1) is 6.92 Å². The molecule has 1 heterocycles. The summed E-state index contributed by atoms with van der Waals surface area (Å²) in [6.07, 6.45) is 0. The number of rotatable bonds is 6. The zero-order chi connectivity index (χ0) is 19.4. The Hall–Kier alpha value is -3.48. The highest BCUT2D eigenvalue weighted by Gasteiger charge is 2.23. The third-order valence-corrected chi connectivity index (χ3v) is 3.76. The molecule has 0 unspecified atom stereocenters. The van der Waals surface area contributed by atoms with Crippen LogP contribution >= 0.6 is 0 Å². The number of esters is 1. The van der Waals surface area contributed by atoms with Gasteiger partial charge < -0.3 is 19.3 Å². The van der Waals surface area contributed by atoms with Crippen LogP contribution in [-0.2, 0) is 11.8 Å². The molecule has 140 valence electrons.